The van der Waals surface area contributed by atoms with Gasteiger partial charge in [-0.3, -0.25) is 0 Å². The van der Waals surface area contributed by atoms with E-state index in [9.17, 15) is 18.7 Å². The Hall–Kier alpha value is -1.46. The molecule has 0 aromatic rings. The van der Waals surface area contributed by atoms with Crippen molar-refractivity contribution in [1.82, 2.24) is 0 Å². The van der Waals surface area contributed by atoms with Crippen LogP contribution < -0.4 is 0 Å². The van der Waals surface area contributed by atoms with Crippen LogP contribution in [-0.4, -0.2) is 45.3 Å². The molecule has 0 N–H and O–H groups in total. The Kier molecular flexibility index (Phi) is 14.6. The minimum atomic E-state index is -1.71. The summed E-state index contributed by atoms with van der Waals surface area (Å²) >= 11 is 0. The Labute approximate surface area is 137 Å². The molecule has 2 unspecified atom stereocenters. The SMILES string of the molecule is C=C(C)C(=O)OCCO[P+](C)=O.C=C(C)C(=O)OCO[P+](C)=O. The molecule has 0 spiro atoms. The molecule has 0 radical (unpaired) electrons. The summed E-state index contributed by atoms with van der Waals surface area (Å²) in [5.41, 5.74) is 0.635. The third-order valence-corrected chi connectivity index (χ3v) is 2.73. The van der Waals surface area contributed by atoms with E-state index in [1.54, 1.807) is 6.92 Å². The summed E-state index contributed by atoms with van der Waals surface area (Å²) in [4.78, 5) is 21.4. The van der Waals surface area contributed by atoms with Crippen LogP contribution in [0.15, 0.2) is 24.3 Å². The van der Waals surface area contributed by atoms with Crippen LogP contribution in [0.25, 0.3) is 0 Å². The molecular formula is C13H22O8P2+2. The summed E-state index contributed by atoms with van der Waals surface area (Å²) in [6, 6.07) is 0. The average Bonchev–Trinajstić information content (AvgIpc) is 2.43. The highest BCUT2D eigenvalue weighted by Gasteiger charge is 2.09. The standard InChI is InChI=1S/C7H12O4P.C6H10O4P/c1-6(2)7(8)10-4-5-11-12(3)9;1-5(2)6(7)9-4-10-11(3)8/h1,4-5H2,2-3H3;1,4H2,2-3H3/q2*+1. The van der Waals surface area contributed by atoms with Gasteiger partial charge in [0.25, 0.3) is 0 Å². The molecule has 8 nitrogen and oxygen atoms in total. The van der Waals surface area contributed by atoms with Gasteiger partial charge in [-0.1, -0.05) is 13.2 Å². The molecule has 2 atom stereocenters. The molecule has 130 valence electrons. The lowest BCUT2D eigenvalue weighted by atomic mass is 10.4. The molecule has 0 aliphatic heterocycles. The van der Waals surface area contributed by atoms with Crippen LogP contribution in [0, 0.1) is 0 Å². The first-order chi connectivity index (χ1) is 10.6. The van der Waals surface area contributed by atoms with E-state index in [4.69, 9.17) is 0 Å². The third-order valence-electron chi connectivity index (χ3n) is 1.71. The van der Waals surface area contributed by atoms with Crippen molar-refractivity contribution in [3.8, 4) is 0 Å². The van der Waals surface area contributed by atoms with Crippen molar-refractivity contribution < 1.29 is 37.2 Å². The van der Waals surface area contributed by atoms with E-state index in [0.29, 0.717) is 11.1 Å². The molecule has 0 aliphatic carbocycles. The molecule has 0 rings (SSSR count). The fraction of sp³-hybridized carbons (Fsp3) is 0.538. The summed E-state index contributed by atoms with van der Waals surface area (Å²) in [5, 5.41) is 0. The van der Waals surface area contributed by atoms with Crippen LogP contribution in [-0.2, 0) is 37.2 Å². The molecule has 0 aliphatic rings. The number of rotatable bonds is 9. The van der Waals surface area contributed by atoms with Crippen molar-refractivity contribution in [3.05, 3.63) is 24.3 Å². The Morgan fingerprint density at radius 2 is 1.26 bits per heavy atom. The van der Waals surface area contributed by atoms with Crippen molar-refractivity contribution in [2.24, 2.45) is 0 Å². The first kappa shape index (κ1) is 23.8. The second-order valence-electron chi connectivity index (χ2n) is 4.09. The van der Waals surface area contributed by atoms with Crippen LogP contribution in [0.2, 0.25) is 0 Å². The Morgan fingerprint density at radius 3 is 1.65 bits per heavy atom. The van der Waals surface area contributed by atoms with Gasteiger partial charge in [-0.15, -0.1) is 9.05 Å². The lowest BCUT2D eigenvalue weighted by molar-refractivity contribution is -0.145. The Morgan fingerprint density at radius 1 is 0.826 bits per heavy atom. The van der Waals surface area contributed by atoms with E-state index < -0.39 is 28.0 Å². The summed E-state index contributed by atoms with van der Waals surface area (Å²) in [6.45, 7) is 12.6. The monoisotopic (exact) mass is 368 g/mol. The Bertz CT molecular complexity index is 473. The average molecular weight is 368 g/mol. The van der Waals surface area contributed by atoms with E-state index in [-0.39, 0.29) is 20.0 Å². The minimum absolute atomic E-state index is 0.112. The number of hydrogen-bond acceptors (Lipinski definition) is 8. The van der Waals surface area contributed by atoms with Gasteiger partial charge in [-0.25, -0.2) is 9.59 Å². The van der Waals surface area contributed by atoms with E-state index >= 15 is 0 Å². The van der Waals surface area contributed by atoms with Gasteiger partial charge in [0.1, 0.15) is 13.2 Å². The fourth-order valence-corrected chi connectivity index (χ4v) is 1.23. The molecule has 0 heterocycles. The van der Waals surface area contributed by atoms with Crippen LogP contribution in [0.5, 0.6) is 0 Å². The normalized spacial score (nSPS) is 10.6. The first-order valence-electron chi connectivity index (χ1n) is 6.30. The highest BCUT2D eigenvalue weighted by atomic mass is 31.1. The third kappa shape index (κ3) is 18.5. The van der Waals surface area contributed by atoms with Gasteiger partial charge >= 0.3 is 28.0 Å². The van der Waals surface area contributed by atoms with Gasteiger partial charge in [0.15, 0.2) is 13.3 Å². The van der Waals surface area contributed by atoms with Gasteiger partial charge in [0.05, 0.1) is 0 Å². The zero-order chi connectivity index (χ0) is 18.4. The van der Waals surface area contributed by atoms with E-state index in [2.05, 4.69) is 31.7 Å². The predicted molar refractivity (Wildman–Crippen MR) is 85.6 cm³/mol. The van der Waals surface area contributed by atoms with E-state index in [0.717, 1.165) is 0 Å². The maximum atomic E-state index is 10.7. The molecule has 0 saturated carbocycles. The Balaban J connectivity index is 0. The van der Waals surface area contributed by atoms with Crippen molar-refractivity contribution in [2.75, 3.05) is 33.3 Å². The number of esters is 2. The number of ether oxygens (including phenoxy) is 2. The molecule has 0 aromatic heterocycles. The maximum absolute atomic E-state index is 10.7. The number of hydrogen-bond donors (Lipinski definition) is 0. The largest absolute Gasteiger partial charge is 0.508 e. The van der Waals surface area contributed by atoms with Crippen LogP contribution >= 0.6 is 16.1 Å². The zero-order valence-electron chi connectivity index (χ0n) is 13.7. The van der Waals surface area contributed by atoms with E-state index in [1.165, 1.54) is 20.3 Å². The summed E-state index contributed by atoms with van der Waals surface area (Å²) < 4.78 is 39.0. The maximum Gasteiger partial charge on any atom is 0.508 e. The van der Waals surface area contributed by atoms with Crippen LogP contribution in [0.1, 0.15) is 13.8 Å². The molecule has 0 bridgehead atoms. The van der Waals surface area contributed by atoms with Gasteiger partial charge in [-0.2, -0.15) is 0 Å². The molecule has 23 heavy (non-hydrogen) atoms. The van der Waals surface area contributed by atoms with E-state index in [1.807, 2.05) is 0 Å². The summed E-state index contributed by atoms with van der Waals surface area (Å²) in [5.74, 6) is -0.994. The van der Waals surface area contributed by atoms with Crippen LogP contribution in [0.4, 0.5) is 0 Å². The van der Waals surface area contributed by atoms with Gasteiger partial charge in [0, 0.05) is 11.1 Å². The van der Waals surface area contributed by atoms with Crippen LogP contribution in [0.3, 0.4) is 0 Å². The highest BCUT2D eigenvalue weighted by Crippen LogP contribution is 2.14. The van der Waals surface area contributed by atoms with Crippen molar-refractivity contribution >= 4 is 28.0 Å². The van der Waals surface area contributed by atoms with Crippen molar-refractivity contribution in [3.63, 3.8) is 0 Å². The highest BCUT2D eigenvalue weighted by molar-refractivity contribution is 7.38. The molecule has 0 fully saturated rings. The zero-order valence-corrected chi connectivity index (χ0v) is 15.5. The van der Waals surface area contributed by atoms with Gasteiger partial charge < -0.3 is 9.47 Å². The molecule has 10 heteroatoms. The van der Waals surface area contributed by atoms with Crippen molar-refractivity contribution in [2.45, 2.75) is 13.8 Å². The molecule has 0 saturated heterocycles. The topological polar surface area (TPSA) is 105 Å². The molecule has 0 aromatic carbocycles. The number of carbonyl (C=O) groups is 2. The second kappa shape index (κ2) is 14.2. The fourth-order valence-electron chi connectivity index (χ4n) is 0.701. The number of carbonyl (C=O) groups excluding carboxylic acids is 2. The molecular weight excluding hydrogens is 346 g/mol. The molecule has 0 amide bonds. The van der Waals surface area contributed by atoms with Gasteiger partial charge in [-0.05, 0) is 23.0 Å². The smallest absolute Gasteiger partial charge is 0.460 e. The lowest BCUT2D eigenvalue weighted by Crippen LogP contribution is -2.09. The minimum Gasteiger partial charge on any atom is -0.460 e. The first-order valence-corrected chi connectivity index (χ1v) is 9.55. The predicted octanol–water partition coefficient (Wildman–Crippen LogP) is 2.95. The quantitative estimate of drug-likeness (QED) is 0.201. The summed E-state index contributed by atoms with van der Waals surface area (Å²) in [6.07, 6.45) is 0. The summed E-state index contributed by atoms with van der Waals surface area (Å²) in [7, 11) is -3.32. The van der Waals surface area contributed by atoms with Gasteiger partial charge in [0.2, 0.25) is 6.79 Å². The van der Waals surface area contributed by atoms with Crippen molar-refractivity contribution in [1.29, 1.82) is 0 Å². The lowest BCUT2D eigenvalue weighted by Gasteiger charge is -1.99. The second-order valence-corrected chi connectivity index (χ2v) is 6.36.